The Morgan fingerprint density at radius 1 is 1.17 bits per heavy atom. The number of hydrogen-bond donors (Lipinski definition) is 1. The first-order valence-electron chi connectivity index (χ1n) is 8.40. The number of H-pyrrole nitrogens is 1. The summed E-state index contributed by atoms with van der Waals surface area (Å²) in [6.07, 6.45) is 11.3. The average molecular weight is 324 g/mol. The third-order valence-corrected chi connectivity index (χ3v) is 4.52. The number of pyridine rings is 1. The van der Waals surface area contributed by atoms with Gasteiger partial charge in [0.15, 0.2) is 0 Å². The number of aromatic nitrogens is 5. The molecule has 0 aromatic carbocycles. The Balaban J connectivity index is 1.60. The molecule has 7 heteroatoms. The topological polar surface area (TPSA) is 79.7 Å². The summed E-state index contributed by atoms with van der Waals surface area (Å²) in [5.74, 6) is 0.733. The molecule has 0 aliphatic carbocycles. The van der Waals surface area contributed by atoms with Crippen LogP contribution in [0.4, 0.5) is 5.95 Å². The summed E-state index contributed by atoms with van der Waals surface area (Å²) in [6.45, 7) is 2.59. The van der Waals surface area contributed by atoms with Crippen LogP contribution < -0.4 is 10.5 Å². The van der Waals surface area contributed by atoms with Crippen molar-refractivity contribution in [1.82, 2.24) is 24.5 Å². The van der Waals surface area contributed by atoms with Gasteiger partial charge in [-0.25, -0.2) is 15.0 Å². The molecule has 1 aliphatic heterocycles. The van der Waals surface area contributed by atoms with Gasteiger partial charge in [-0.3, -0.25) is 4.79 Å². The molecule has 0 radical (unpaired) electrons. The first-order valence-corrected chi connectivity index (χ1v) is 8.40. The van der Waals surface area contributed by atoms with Crippen molar-refractivity contribution in [3.05, 3.63) is 47.0 Å². The average Bonchev–Trinajstić information content (AvgIpc) is 3.15. The highest BCUT2D eigenvalue weighted by atomic mass is 16.1. The first-order chi connectivity index (χ1) is 11.8. The minimum Gasteiger partial charge on any atom is -0.348 e. The lowest BCUT2D eigenvalue weighted by Crippen LogP contribution is -2.31. The van der Waals surface area contributed by atoms with Gasteiger partial charge in [-0.05, 0) is 25.3 Å². The molecule has 0 saturated carbocycles. The summed E-state index contributed by atoms with van der Waals surface area (Å²) in [5, 5.41) is 0.572. The van der Waals surface area contributed by atoms with Crippen molar-refractivity contribution < 1.29 is 0 Å². The van der Waals surface area contributed by atoms with Crippen LogP contribution in [0.25, 0.3) is 10.9 Å². The van der Waals surface area contributed by atoms with Gasteiger partial charge < -0.3 is 14.5 Å². The maximum Gasteiger partial charge on any atom is 0.261 e. The van der Waals surface area contributed by atoms with Gasteiger partial charge in [0.1, 0.15) is 0 Å². The van der Waals surface area contributed by atoms with Gasteiger partial charge in [0.05, 0.1) is 17.2 Å². The zero-order chi connectivity index (χ0) is 16.4. The summed E-state index contributed by atoms with van der Waals surface area (Å²) < 4.78 is 1.70. The van der Waals surface area contributed by atoms with Crippen LogP contribution in [0.2, 0.25) is 0 Å². The number of piperidine rings is 1. The van der Waals surface area contributed by atoms with Gasteiger partial charge in [-0.1, -0.05) is 0 Å². The van der Waals surface area contributed by atoms with E-state index in [2.05, 4.69) is 24.8 Å². The van der Waals surface area contributed by atoms with Crippen LogP contribution in [0, 0.1) is 0 Å². The fourth-order valence-corrected chi connectivity index (χ4v) is 3.14. The summed E-state index contributed by atoms with van der Waals surface area (Å²) in [7, 11) is 0. The summed E-state index contributed by atoms with van der Waals surface area (Å²) in [5.41, 5.74) is 1.68. The molecule has 0 atom stereocenters. The van der Waals surface area contributed by atoms with Gasteiger partial charge in [0.2, 0.25) is 5.95 Å². The minimum atomic E-state index is -0.0443. The van der Waals surface area contributed by atoms with E-state index in [9.17, 15) is 4.79 Å². The Kier molecular flexibility index (Phi) is 3.98. The molecule has 24 heavy (non-hydrogen) atoms. The second-order valence-corrected chi connectivity index (χ2v) is 6.16. The molecule has 0 amide bonds. The van der Waals surface area contributed by atoms with E-state index in [1.54, 1.807) is 23.3 Å². The van der Waals surface area contributed by atoms with Crippen molar-refractivity contribution >= 4 is 16.9 Å². The van der Waals surface area contributed by atoms with Crippen LogP contribution in [-0.4, -0.2) is 37.6 Å². The van der Waals surface area contributed by atoms with E-state index in [-0.39, 0.29) is 5.56 Å². The van der Waals surface area contributed by atoms with Gasteiger partial charge in [-0.2, -0.15) is 0 Å². The summed E-state index contributed by atoms with van der Waals surface area (Å²) in [6, 6.07) is 1.90. The maximum absolute atomic E-state index is 12.6. The molecule has 1 saturated heterocycles. The number of nitrogens with zero attached hydrogens (tertiary/aromatic N) is 5. The van der Waals surface area contributed by atoms with Crippen molar-refractivity contribution in [2.24, 2.45) is 0 Å². The highest BCUT2D eigenvalue weighted by Crippen LogP contribution is 2.17. The van der Waals surface area contributed by atoms with E-state index in [1.807, 2.05) is 12.3 Å². The number of nitrogens with one attached hydrogen (secondary N) is 1. The minimum absolute atomic E-state index is 0.0443. The fourth-order valence-electron chi connectivity index (χ4n) is 3.14. The standard InChI is InChI=1S/C17H20N6O/c24-16-14-11-19-17(23-6-2-1-3-7-23)21-15(14)5-9-22(16)8-4-13-10-18-12-20-13/h5,9-12H,1-4,6-8H2,(H,18,20). The van der Waals surface area contributed by atoms with Crippen LogP contribution in [0.3, 0.4) is 0 Å². The zero-order valence-electron chi connectivity index (χ0n) is 13.5. The number of aromatic amines is 1. The van der Waals surface area contributed by atoms with Crippen LogP contribution in [0.5, 0.6) is 0 Å². The molecule has 3 aromatic rings. The normalized spacial score (nSPS) is 15.1. The molecule has 3 aromatic heterocycles. The highest BCUT2D eigenvalue weighted by molar-refractivity contribution is 5.77. The predicted octanol–water partition coefficient (Wildman–Crippen LogP) is 1.75. The third-order valence-electron chi connectivity index (χ3n) is 4.52. The molecule has 1 N–H and O–H groups in total. The number of anilines is 1. The lowest BCUT2D eigenvalue weighted by molar-refractivity contribution is 0.569. The van der Waals surface area contributed by atoms with Crippen molar-refractivity contribution in [3.8, 4) is 0 Å². The molecule has 0 unspecified atom stereocenters. The van der Waals surface area contributed by atoms with Crippen LogP contribution in [0.1, 0.15) is 25.0 Å². The van der Waals surface area contributed by atoms with Gasteiger partial charge in [-0.15, -0.1) is 0 Å². The second kappa shape index (κ2) is 6.43. The van der Waals surface area contributed by atoms with E-state index in [4.69, 9.17) is 0 Å². The van der Waals surface area contributed by atoms with Crippen molar-refractivity contribution in [1.29, 1.82) is 0 Å². The quantitative estimate of drug-likeness (QED) is 0.791. The Morgan fingerprint density at radius 2 is 2.04 bits per heavy atom. The summed E-state index contributed by atoms with van der Waals surface area (Å²) in [4.78, 5) is 30.9. The molecule has 4 heterocycles. The molecule has 1 fully saturated rings. The first kappa shape index (κ1) is 14.9. The lowest BCUT2D eigenvalue weighted by atomic mass is 10.1. The fraction of sp³-hybridized carbons (Fsp3) is 0.412. The Hall–Kier alpha value is -2.70. The predicted molar refractivity (Wildman–Crippen MR) is 92.2 cm³/mol. The zero-order valence-corrected chi connectivity index (χ0v) is 13.5. The molecule has 124 valence electrons. The Bertz CT molecular complexity index is 880. The molecule has 0 spiro atoms. The SMILES string of the molecule is O=c1c2cnc(N3CCCCC3)nc2ccn1CCc1cnc[nH]1. The largest absolute Gasteiger partial charge is 0.348 e. The molecule has 7 nitrogen and oxygen atoms in total. The second-order valence-electron chi connectivity index (χ2n) is 6.16. The number of imidazole rings is 1. The smallest absolute Gasteiger partial charge is 0.261 e. The van der Waals surface area contributed by atoms with Crippen LogP contribution in [-0.2, 0) is 13.0 Å². The maximum atomic E-state index is 12.6. The number of hydrogen-bond acceptors (Lipinski definition) is 5. The Labute approximate surface area is 139 Å². The summed E-state index contributed by atoms with van der Waals surface area (Å²) >= 11 is 0. The number of aryl methyl sites for hydroxylation is 2. The van der Waals surface area contributed by atoms with Gasteiger partial charge in [0.25, 0.3) is 5.56 Å². The van der Waals surface area contributed by atoms with E-state index in [0.29, 0.717) is 17.4 Å². The molecule has 0 bridgehead atoms. The molecule has 4 rings (SSSR count). The van der Waals surface area contributed by atoms with Crippen LogP contribution >= 0.6 is 0 Å². The van der Waals surface area contributed by atoms with E-state index >= 15 is 0 Å². The monoisotopic (exact) mass is 324 g/mol. The lowest BCUT2D eigenvalue weighted by Gasteiger charge is -2.26. The van der Waals surface area contributed by atoms with E-state index in [0.717, 1.165) is 31.2 Å². The molecular weight excluding hydrogens is 304 g/mol. The molecular formula is C17H20N6O. The Morgan fingerprint density at radius 3 is 2.83 bits per heavy atom. The number of fused-ring (bicyclic) bond motifs is 1. The van der Waals surface area contributed by atoms with Crippen molar-refractivity contribution in [3.63, 3.8) is 0 Å². The van der Waals surface area contributed by atoms with Crippen LogP contribution in [0.15, 0.2) is 35.8 Å². The van der Waals surface area contributed by atoms with Crippen molar-refractivity contribution in [2.45, 2.75) is 32.2 Å². The van der Waals surface area contributed by atoms with Gasteiger partial charge >= 0.3 is 0 Å². The van der Waals surface area contributed by atoms with E-state index < -0.39 is 0 Å². The van der Waals surface area contributed by atoms with E-state index in [1.165, 1.54) is 19.3 Å². The number of rotatable bonds is 4. The highest BCUT2D eigenvalue weighted by Gasteiger charge is 2.14. The third kappa shape index (κ3) is 2.89. The molecule has 1 aliphatic rings. The van der Waals surface area contributed by atoms with Gasteiger partial charge in [0, 0.05) is 50.3 Å². The van der Waals surface area contributed by atoms with Crippen molar-refractivity contribution in [2.75, 3.05) is 18.0 Å².